The molecule has 0 radical (unpaired) electrons. The summed E-state index contributed by atoms with van der Waals surface area (Å²) in [5.41, 5.74) is 12.5. The summed E-state index contributed by atoms with van der Waals surface area (Å²) in [5, 5.41) is 0. The standard InChI is InChI=1S/C2H6N2.2ClH.Cu/c3-1-2-4;;;/h3-4H,1-2H2;2*1H;/q-2;;;+2/p-2. The van der Waals surface area contributed by atoms with E-state index in [0.717, 1.165) is 13.1 Å². The summed E-state index contributed by atoms with van der Waals surface area (Å²) in [6.45, 7) is 0.472. The van der Waals surface area contributed by atoms with E-state index in [1.165, 1.54) is 0 Å². The Hall–Kier alpha value is 1.02. The molecule has 0 aromatic heterocycles. The minimum absolute atomic E-state index is 0.236. The Balaban J connectivity index is 0. The van der Waals surface area contributed by atoms with Crippen molar-refractivity contribution >= 4 is 20.2 Å². The smallest absolute Gasteiger partial charge is 0.171 e. The summed E-state index contributed by atoms with van der Waals surface area (Å²) in [4.78, 5) is 0. The number of halogens is 2. The summed E-state index contributed by atoms with van der Waals surface area (Å²) >= 11 is 0.757. The van der Waals surface area contributed by atoms with E-state index in [9.17, 15) is 0 Å². The molecule has 0 heterocycles. The van der Waals surface area contributed by atoms with Crippen LogP contribution in [0.15, 0.2) is 0 Å². The van der Waals surface area contributed by atoms with E-state index < -0.39 is 0 Å². The first-order chi connectivity index (χ1) is 3.33. The Morgan fingerprint density at radius 2 is 1.29 bits per heavy atom. The van der Waals surface area contributed by atoms with Gasteiger partial charge in [-0.25, -0.2) is 0 Å². The van der Waals surface area contributed by atoms with Gasteiger partial charge >= 0.3 is 33.3 Å². The van der Waals surface area contributed by atoms with E-state index >= 15 is 0 Å². The topological polar surface area (TPSA) is 47.6 Å². The molecular formula is C2H6Cl2CuN2-2. The fourth-order valence-electron chi connectivity index (χ4n) is 0. The SMILES string of the molecule is [Cl][Cu][Cl].[NH-]CC[NH-]. The third-order valence-corrected chi connectivity index (χ3v) is 0.125. The van der Waals surface area contributed by atoms with Gasteiger partial charge in [0.15, 0.2) is 0 Å². The van der Waals surface area contributed by atoms with Gasteiger partial charge in [-0.2, -0.15) is 13.1 Å². The van der Waals surface area contributed by atoms with Crippen LogP contribution in [0.25, 0.3) is 11.5 Å². The summed E-state index contributed by atoms with van der Waals surface area (Å²) in [7, 11) is 9.34. The van der Waals surface area contributed by atoms with E-state index in [0.29, 0.717) is 0 Å². The quantitative estimate of drug-likeness (QED) is 0.573. The van der Waals surface area contributed by atoms with Gasteiger partial charge in [-0.3, -0.25) is 0 Å². The van der Waals surface area contributed by atoms with Gasteiger partial charge in [-0.15, -0.1) is 0 Å². The van der Waals surface area contributed by atoms with E-state index in [4.69, 9.17) is 11.5 Å². The number of rotatable bonds is 1. The van der Waals surface area contributed by atoms with Crippen molar-refractivity contribution in [3.8, 4) is 0 Å². The molecule has 5 heteroatoms. The molecule has 0 atom stereocenters. The van der Waals surface area contributed by atoms with Gasteiger partial charge in [-0.05, 0) is 0 Å². The monoisotopic (exact) mass is 191 g/mol. The first-order valence-corrected chi connectivity index (χ1v) is 4.03. The van der Waals surface area contributed by atoms with Gasteiger partial charge in [0.05, 0.1) is 0 Å². The molecule has 0 aromatic rings. The largest absolute Gasteiger partial charge is 0.679 e. The molecule has 51 valence electrons. The second-order valence-electron chi connectivity index (χ2n) is 0.543. The van der Waals surface area contributed by atoms with Gasteiger partial charge in [0.2, 0.25) is 0 Å². The predicted molar refractivity (Wildman–Crippen MR) is 30.1 cm³/mol. The predicted octanol–water partition coefficient (Wildman–Crippen LogP) is 2.47. The van der Waals surface area contributed by atoms with Crippen LogP contribution in [0.4, 0.5) is 0 Å². The first kappa shape index (κ1) is 10.9. The molecule has 0 aromatic carbocycles. The molecule has 7 heavy (non-hydrogen) atoms. The fraction of sp³-hybridized carbons (Fsp3) is 1.00. The van der Waals surface area contributed by atoms with Crippen LogP contribution in [0, 0.1) is 0 Å². The van der Waals surface area contributed by atoms with Gasteiger partial charge in [0.1, 0.15) is 0 Å². The van der Waals surface area contributed by atoms with Crippen molar-refractivity contribution in [3.63, 3.8) is 0 Å². The summed E-state index contributed by atoms with van der Waals surface area (Å²) in [6.07, 6.45) is 0. The van der Waals surface area contributed by atoms with Crippen molar-refractivity contribution in [2.45, 2.75) is 0 Å². The molecular weight excluding hydrogens is 186 g/mol. The van der Waals surface area contributed by atoms with Crippen LogP contribution in [0.2, 0.25) is 0 Å². The van der Waals surface area contributed by atoms with Crippen molar-refractivity contribution in [1.82, 2.24) is 0 Å². The van der Waals surface area contributed by atoms with Crippen LogP contribution in [-0.2, 0) is 13.1 Å². The van der Waals surface area contributed by atoms with E-state index in [2.05, 4.69) is 20.2 Å². The van der Waals surface area contributed by atoms with E-state index in [1.807, 2.05) is 0 Å². The van der Waals surface area contributed by atoms with E-state index in [-0.39, 0.29) is 13.1 Å². The van der Waals surface area contributed by atoms with Crippen LogP contribution in [0.1, 0.15) is 0 Å². The molecule has 0 saturated carbocycles. The van der Waals surface area contributed by atoms with E-state index in [1.54, 1.807) is 0 Å². The molecule has 2 N–H and O–H groups in total. The second kappa shape index (κ2) is 15.7. The minimum atomic E-state index is 0.236. The summed E-state index contributed by atoms with van der Waals surface area (Å²) in [5.74, 6) is 0. The summed E-state index contributed by atoms with van der Waals surface area (Å²) in [6, 6.07) is 0. The maximum atomic E-state index is 6.26. The zero-order valence-corrected chi connectivity index (χ0v) is 5.93. The molecule has 0 rings (SSSR count). The summed E-state index contributed by atoms with van der Waals surface area (Å²) < 4.78 is 0. The number of nitrogens with one attached hydrogen (secondary N) is 2. The van der Waals surface area contributed by atoms with Crippen LogP contribution < -0.4 is 0 Å². The average Bonchev–Trinajstić information content (AvgIpc) is 1.69. The van der Waals surface area contributed by atoms with Gasteiger partial charge in [-0.1, -0.05) is 0 Å². The third-order valence-electron chi connectivity index (χ3n) is 0.125. The van der Waals surface area contributed by atoms with Gasteiger partial charge in [0, 0.05) is 0 Å². The Morgan fingerprint density at radius 1 is 1.14 bits per heavy atom. The first-order valence-electron chi connectivity index (χ1n) is 1.44. The molecule has 2 nitrogen and oxygen atoms in total. The molecule has 0 aliphatic rings. The van der Waals surface area contributed by atoms with Crippen LogP contribution >= 0.6 is 20.2 Å². The fourth-order valence-corrected chi connectivity index (χ4v) is 0. The number of hydrogen-bond donors (Lipinski definition) is 0. The minimum Gasteiger partial charge on any atom is -0.679 e. The van der Waals surface area contributed by atoms with Crippen LogP contribution in [0.3, 0.4) is 0 Å². The Morgan fingerprint density at radius 3 is 1.29 bits per heavy atom. The Labute approximate surface area is 58.1 Å². The molecule has 0 amide bonds. The van der Waals surface area contributed by atoms with Crippen molar-refractivity contribution < 1.29 is 13.1 Å². The van der Waals surface area contributed by atoms with Crippen molar-refractivity contribution in [2.24, 2.45) is 0 Å². The average molecular weight is 193 g/mol. The van der Waals surface area contributed by atoms with Crippen molar-refractivity contribution in [1.29, 1.82) is 0 Å². The zero-order chi connectivity index (χ0) is 6.12. The molecule has 0 fully saturated rings. The van der Waals surface area contributed by atoms with Crippen LogP contribution in [-0.4, -0.2) is 13.1 Å². The van der Waals surface area contributed by atoms with Crippen molar-refractivity contribution in [2.75, 3.05) is 13.1 Å². The Bertz CT molecular complexity index is 21.2. The molecule has 0 unspecified atom stereocenters. The maximum Gasteiger partial charge on any atom is -0.171 e. The third kappa shape index (κ3) is 43.4. The molecule has 0 bridgehead atoms. The van der Waals surface area contributed by atoms with Gasteiger partial charge in [0.25, 0.3) is 0 Å². The zero-order valence-electron chi connectivity index (χ0n) is 3.47. The normalized spacial score (nSPS) is 7.43. The molecule has 0 aliphatic heterocycles. The maximum absolute atomic E-state index is 6.26. The number of hydrogen-bond acceptors (Lipinski definition) is 0. The second-order valence-corrected chi connectivity index (χ2v) is 2.10. The van der Waals surface area contributed by atoms with Crippen LogP contribution in [0.5, 0.6) is 0 Å². The molecule has 0 spiro atoms. The Kier molecular flexibility index (Phi) is 24.5. The molecule has 0 saturated heterocycles. The van der Waals surface area contributed by atoms with Gasteiger partial charge < -0.3 is 11.5 Å². The molecule has 0 aliphatic carbocycles. The van der Waals surface area contributed by atoms with Crippen molar-refractivity contribution in [3.05, 3.63) is 11.5 Å².